The van der Waals surface area contributed by atoms with Gasteiger partial charge in [-0.05, 0) is 49.8 Å². The molecule has 1 aromatic carbocycles. The van der Waals surface area contributed by atoms with E-state index in [1.54, 1.807) is 18.2 Å². The molecule has 0 unspecified atom stereocenters. The van der Waals surface area contributed by atoms with Crippen molar-refractivity contribution in [2.75, 3.05) is 6.61 Å². The topological polar surface area (TPSA) is 39.4 Å². The number of allylic oxidation sites excluding steroid dienone is 1. The van der Waals surface area contributed by atoms with Gasteiger partial charge in [-0.15, -0.1) is 0 Å². The molecule has 2 rings (SSSR count). The Bertz CT molecular complexity index is 594. The highest BCUT2D eigenvalue weighted by atomic mass is 16.5. The number of benzene rings is 1. The minimum Gasteiger partial charge on any atom is -0.494 e. The monoisotopic (exact) mass is 256 g/mol. The van der Waals surface area contributed by atoms with Crippen LogP contribution < -0.4 is 4.74 Å². The first-order valence-corrected chi connectivity index (χ1v) is 6.21. The number of rotatable bonds is 5. The van der Waals surface area contributed by atoms with Crippen LogP contribution in [-0.4, -0.2) is 12.4 Å². The second-order valence-corrected chi connectivity index (χ2v) is 4.11. The lowest BCUT2D eigenvalue weighted by Crippen LogP contribution is -1.92. The molecule has 2 aromatic rings. The fraction of sp³-hybridized carbons (Fsp3) is 0.188. The molecule has 1 aromatic heterocycles. The Morgan fingerprint density at radius 1 is 1.32 bits per heavy atom. The van der Waals surface area contributed by atoms with Crippen LogP contribution in [0.1, 0.15) is 28.8 Å². The van der Waals surface area contributed by atoms with Gasteiger partial charge in [-0.2, -0.15) is 0 Å². The van der Waals surface area contributed by atoms with E-state index in [0.29, 0.717) is 12.4 Å². The zero-order valence-corrected chi connectivity index (χ0v) is 11.1. The van der Waals surface area contributed by atoms with Gasteiger partial charge in [0.2, 0.25) is 5.78 Å². The van der Waals surface area contributed by atoms with Crippen molar-refractivity contribution in [3.05, 3.63) is 59.6 Å². The van der Waals surface area contributed by atoms with Crippen molar-refractivity contribution in [2.24, 2.45) is 0 Å². The van der Waals surface area contributed by atoms with E-state index in [2.05, 4.69) is 0 Å². The number of hydrogen-bond acceptors (Lipinski definition) is 3. The normalized spacial score (nSPS) is 10.8. The van der Waals surface area contributed by atoms with Crippen molar-refractivity contribution in [1.82, 2.24) is 0 Å². The lowest BCUT2D eigenvalue weighted by molar-refractivity contribution is 0.102. The fourth-order valence-electron chi connectivity index (χ4n) is 1.70. The molecule has 0 atom stereocenters. The van der Waals surface area contributed by atoms with Crippen molar-refractivity contribution in [3.63, 3.8) is 0 Å². The van der Waals surface area contributed by atoms with E-state index in [-0.39, 0.29) is 5.78 Å². The quantitative estimate of drug-likeness (QED) is 0.602. The molecule has 3 nitrogen and oxygen atoms in total. The van der Waals surface area contributed by atoms with Crippen LogP contribution in [0.2, 0.25) is 0 Å². The smallest absolute Gasteiger partial charge is 0.221 e. The molecule has 0 aliphatic carbocycles. The van der Waals surface area contributed by atoms with Gasteiger partial charge >= 0.3 is 0 Å². The first-order valence-electron chi connectivity index (χ1n) is 6.21. The fourth-order valence-corrected chi connectivity index (χ4v) is 1.70. The van der Waals surface area contributed by atoms with Gasteiger partial charge in [0.15, 0.2) is 5.76 Å². The third kappa shape index (κ3) is 3.58. The zero-order valence-electron chi connectivity index (χ0n) is 11.1. The molecule has 0 bridgehead atoms. The van der Waals surface area contributed by atoms with Crippen molar-refractivity contribution in [3.8, 4) is 5.75 Å². The summed E-state index contributed by atoms with van der Waals surface area (Å²) < 4.78 is 10.7. The highest BCUT2D eigenvalue weighted by Crippen LogP contribution is 2.15. The minimum atomic E-state index is -0.144. The molecule has 3 heteroatoms. The lowest BCUT2D eigenvalue weighted by Gasteiger charge is -2.02. The molecular weight excluding hydrogens is 240 g/mol. The first kappa shape index (κ1) is 13.1. The summed E-state index contributed by atoms with van der Waals surface area (Å²) in [4.78, 5) is 11.8. The van der Waals surface area contributed by atoms with E-state index in [1.807, 2.05) is 38.1 Å². The van der Waals surface area contributed by atoms with Crippen molar-refractivity contribution in [1.29, 1.82) is 0 Å². The summed E-state index contributed by atoms with van der Waals surface area (Å²) in [5, 5.41) is 0. The Morgan fingerprint density at radius 2 is 2.16 bits per heavy atom. The zero-order chi connectivity index (χ0) is 13.7. The first-order chi connectivity index (χ1) is 9.19. The summed E-state index contributed by atoms with van der Waals surface area (Å²) in [6.45, 7) is 4.37. The SMILES string of the molecule is CCOc1cccc(/C=C/C(=O)c2ccc(C)o2)c1. The van der Waals surface area contributed by atoms with Gasteiger partial charge in [0, 0.05) is 0 Å². The van der Waals surface area contributed by atoms with Crippen LogP contribution in [0.5, 0.6) is 5.75 Å². The predicted molar refractivity (Wildman–Crippen MR) is 74.4 cm³/mol. The van der Waals surface area contributed by atoms with Gasteiger partial charge in [0.1, 0.15) is 11.5 Å². The molecule has 0 spiro atoms. The highest BCUT2D eigenvalue weighted by Gasteiger charge is 2.05. The van der Waals surface area contributed by atoms with E-state index in [0.717, 1.165) is 17.1 Å². The molecule has 0 saturated carbocycles. The molecule has 19 heavy (non-hydrogen) atoms. The Labute approximate surface area is 112 Å². The van der Waals surface area contributed by atoms with E-state index >= 15 is 0 Å². The summed E-state index contributed by atoms with van der Waals surface area (Å²) in [7, 11) is 0. The largest absolute Gasteiger partial charge is 0.494 e. The molecule has 0 aliphatic heterocycles. The Morgan fingerprint density at radius 3 is 2.84 bits per heavy atom. The highest BCUT2D eigenvalue weighted by molar-refractivity contribution is 6.04. The molecule has 98 valence electrons. The summed E-state index contributed by atoms with van der Waals surface area (Å²) in [5.74, 6) is 1.74. The van der Waals surface area contributed by atoms with Crippen molar-refractivity contribution >= 4 is 11.9 Å². The maximum Gasteiger partial charge on any atom is 0.221 e. The van der Waals surface area contributed by atoms with E-state index < -0.39 is 0 Å². The van der Waals surface area contributed by atoms with E-state index in [9.17, 15) is 4.79 Å². The Hall–Kier alpha value is -2.29. The second-order valence-electron chi connectivity index (χ2n) is 4.11. The van der Waals surface area contributed by atoms with Gasteiger partial charge < -0.3 is 9.15 Å². The van der Waals surface area contributed by atoms with E-state index in [4.69, 9.17) is 9.15 Å². The number of aryl methyl sites for hydroxylation is 1. The van der Waals surface area contributed by atoms with Crippen LogP contribution in [-0.2, 0) is 0 Å². The molecule has 1 heterocycles. The predicted octanol–water partition coefficient (Wildman–Crippen LogP) is 3.88. The standard InChI is InChI=1S/C16H16O3/c1-3-18-14-6-4-5-13(11-14)8-9-15(17)16-10-7-12(2)19-16/h4-11H,3H2,1-2H3/b9-8+. The number of carbonyl (C=O) groups excluding carboxylic acids is 1. The van der Waals surface area contributed by atoms with Gasteiger partial charge in [0.25, 0.3) is 0 Å². The number of carbonyl (C=O) groups is 1. The van der Waals surface area contributed by atoms with Crippen LogP contribution >= 0.6 is 0 Å². The number of hydrogen-bond donors (Lipinski definition) is 0. The molecule has 0 aliphatic rings. The third-order valence-electron chi connectivity index (χ3n) is 2.58. The van der Waals surface area contributed by atoms with Crippen LogP contribution in [0, 0.1) is 6.92 Å². The Balaban J connectivity index is 2.09. The van der Waals surface area contributed by atoms with Crippen LogP contribution in [0.3, 0.4) is 0 Å². The maximum absolute atomic E-state index is 11.8. The van der Waals surface area contributed by atoms with Gasteiger partial charge in [0.05, 0.1) is 6.61 Å². The molecule has 0 radical (unpaired) electrons. The number of ether oxygens (including phenoxy) is 1. The molecular formula is C16H16O3. The summed E-state index contributed by atoms with van der Waals surface area (Å²) >= 11 is 0. The molecule has 0 fully saturated rings. The Kier molecular flexibility index (Phi) is 4.18. The minimum absolute atomic E-state index is 0.144. The number of ketones is 1. The van der Waals surface area contributed by atoms with Crippen LogP contribution in [0.25, 0.3) is 6.08 Å². The van der Waals surface area contributed by atoms with Crippen molar-refractivity contribution < 1.29 is 13.9 Å². The molecule has 0 N–H and O–H groups in total. The second kappa shape index (κ2) is 6.05. The molecule has 0 saturated heterocycles. The maximum atomic E-state index is 11.8. The van der Waals surface area contributed by atoms with Gasteiger partial charge in [-0.3, -0.25) is 4.79 Å². The third-order valence-corrected chi connectivity index (χ3v) is 2.58. The average molecular weight is 256 g/mol. The van der Waals surface area contributed by atoms with Gasteiger partial charge in [-0.1, -0.05) is 18.2 Å². The molecule has 0 amide bonds. The van der Waals surface area contributed by atoms with Crippen molar-refractivity contribution in [2.45, 2.75) is 13.8 Å². The van der Waals surface area contributed by atoms with Crippen LogP contribution in [0.15, 0.2) is 46.9 Å². The summed E-state index contributed by atoms with van der Waals surface area (Å²) in [6, 6.07) is 11.0. The van der Waals surface area contributed by atoms with Crippen LogP contribution in [0.4, 0.5) is 0 Å². The summed E-state index contributed by atoms with van der Waals surface area (Å²) in [5.41, 5.74) is 0.919. The van der Waals surface area contributed by atoms with E-state index in [1.165, 1.54) is 6.08 Å². The lowest BCUT2D eigenvalue weighted by atomic mass is 10.1. The average Bonchev–Trinajstić information content (AvgIpc) is 2.84. The van der Waals surface area contributed by atoms with Gasteiger partial charge in [-0.25, -0.2) is 0 Å². The summed E-state index contributed by atoms with van der Waals surface area (Å²) in [6.07, 6.45) is 3.26. The number of furan rings is 1.